The van der Waals surface area contributed by atoms with E-state index in [1.807, 2.05) is 27.7 Å². The molecule has 1 N–H and O–H groups in total. The lowest BCUT2D eigenvalue weighted by atomic mass is 9.76. The third-order valence-corrected chi connectivity index (χ3v) is 6.88. The second-order valence-corrected chi connectivity index (χ2v) is 10.1. The van der Waals surface area contributed by atoms with Crippen LogP contribution in [0.25, 0.3) is 11.4 Å². The van der Waals surface area contributed by atoms with Crippen LogP contribution in [-0.2, 0) is 5.41 Å². The Kier molecular flexibility index (Phi) is 5.80. The van der Waals surface area contributed by atoms with Crippen LogP contribution in [0.5, 0.6) is 0 Å². The van der Waals surface area contributed by atoms with Crippen molar-refractivity contribution in [2.75, 3.05) is 11.9 Å². The number of amides is 2. The molecule has 2 fully saturated rings. The van der Waals surface area contributed by atoms with Crippen molar-refractivity contribution in [2.45, 2.75) is 76.4 Å². The molecule has 2 amide bonds. The van der Waals surface area contributed by atoms with Crippen LogP contribution >= 0.6 is 0 Å². The summed E-state index contributed by atoms with van der Waals surface area (Å²) in [4.78, 5) is 23.7. The van der Waals surface area contributed by atoms with Crippen LogP contribution in [0.1, 0.15) is 76.4 Å². The highest BCUT2D eigenvalue weighted by atomic mass is 19.1. The molecule has 1 saturated carbocycles. The molecule has 35 heavy (non-hydrogen) atoms. The van der Waals surface area contributed by atoms with Gasteiger partial charge in [-0.2, -0.15) is 9.97 Å². The normalized spacial score (nSPS) is 26.3. The Balaban J connectivity index is 1.31. The summed E-state index contributed by atoms with van der Waals surface area (Å²) in [5.41, 5.74) is -0.0732. The minimum Gasteiger partial charge on any atom is -0.339 e. The topological polar surface area (TPSA) is 110 Å². The summed E-state index contributed by atoms with van der Waals surface area (Å²) in [5, 5.41) is 10.8. The highest BCUT2D eigenvalue weighted by molar-refractivity contribution is 5.94. The van der Waals surface area contributed by atoms with Gasteiger partial charge in [0.1, 0.15) is 12.0 Å². The van der Waals surface area contributed by atoms with Crippen LogP contribution in [0.2, 0.25) is 0 Å². The summed E-state index contributed by atoms with van der Waals surface area (Å²) in [5.74, 6) is 0.648. The van der Waals surface area contributed by atoms with Crippen molar-refractivity contribution in [3.63, 3.8) is 0 Å². The number of hydrogen-bond acceptors (Lipinski definition) is 7. The summed E-state index contributed by atoms with van der Waals surface area (Å²) in [6.45, 7) is 8.18. The molecule has 5 rings (SSSR count). The summed E-state index contributed by atoms with van der Waals surface area (Å²) in [6.07, 6.45) is 0.674. The zero-order chi connectivity index (χ0) is 24.9. The Bertz CT molecular complexity index is 1240. The largest absolute Gasteiger partial charge is 0.339 e. The third kappa shape index (κ3) is 4.39. The van der Waals surface area contributed by atoms with Gasteiger partial charge in [0.15, 0.2) is 5.82 Å². The molecule has 1 aromatic carbocycles. The van der Waals surface area contributed by atoms with Crippen LogP contribution < -0.4 is 5.32 Å². The van der Waals surface area contributed by atoms with Gasteiger partial charge in [0, 0.05) is 29.5 Å². The average Bonchev–Trinajstić information content (AvgIpc) is 3.22. The molecule has 0 bridgehead atoms. The van der Waals surface area contributed by atoms with Crippen molar-refractivity contribution in [3.8, 4) is 11.4 Å². The Morgan fingerprint density at radius 2 is 2.03 bits per heavy atom. The smallest absolute Gasteiger partial charge is 0.322 e. The number of rotatable bonds is 5. The monoisotopic (exact) mass is 486 g/mol. The molecule has 4 atom stereocenters. The number of nitrogens with zero attached hydrogens (tertiary/aromatic N) is 5. The van der Waals surface area contributed by atoms with Crippen LogP contribution in [0.3, 0.4) is 0 Å². The van der Waals surface area contributed by atoms with E-state index in [0.717, 1.165) is 0 Å². The Morgan fingerprint density at radius 3 is 2.69 bits per heavy atom. The number of nitrogens with one attached hydrogen (secondary N) is 1. The van der Waals surface area contributed by atoms with Gasteiger partial charge in [0.25, 0.3) is 0 Å². The number of piperidine rings is 1. The first kappa shape index (κ1) is 23.4. The summed E-state index contributed by atoms with van der Waals surface area (Å²) in [6, 6.07) is 3.84. The Hall–Kier alpha value is -3.37. The van der Waals surface area contributed by atoms with E-state index in [2.05, 4.69) is 25.6 Å². The summed E-state index contributed by atoms with van der Waals surface area (Å²) >= 11 is 0. The molecule has 11 heteroatoms. The first-order valence-corrected chi connectivity index (χ1v) is 11.8. The van der Waals surface area contributed by atoms with E-state index in [-0.39, 0.29) is 29.4 Å². The molecule has 2 aliphatic rings. The Morgan fingerprint density at radius 1 is 1.26 bits per heavy atom. The van der Waals surface area contributed by atoms with E-state index in [1.165, 1.54) is 12.1 Å². The van der Waals surface area contributed by atoms with E-state index in [1.54, 1.807) is 11.0 Å². The van der Waals surface area contributed by atoms with Crippen molar-refractivity contribution in [3.05, 3.63) is 41.6 Å². The van der Waals surface area contributed by atoms with Gasteiger partial charge < -0.3 is 19.3 Å². The number of benzene rings is 1. The number of urea groups is 1. The van der Waals surface area contributed by atoms with E-state index in [0.29, 0.717) is 49.0 Å². The third-order valence-electron chi connectivity index (χ3n) is 6.88. The lowest BCUT2D eigenvalue weighted by Crippen LogP contribution is -2.51. The molecule has 0 spiro atoms. The molecule has 3 heterocycles. The van der Waals surface area contributed by atoms with Crippen LogP contribution in [0, 0.1) is 5.82 Å². The highest BCUT2D eigenvalue weighted by Gasteiger charge is 2.46. The van der Waals surface area contributed by atoms with Gasteiger partial charge >= 0.3 is 6.03 Å². The van der Waals surface area contributed by atoms with Crippen molar-refractivity contribution < 1.29 is 22.6 Å². The number of carbonyl (C=O) groups excluding carboxylic acids is 1. The minimum absolute atomic E-state index is 0.00200. The van der Waals surface area contributed by atoms with E-state index in [9.17, 15) is 13.6 Å². The second kappa shape index (κ2) is 8.69. The number of alkyl halides is 1. The fourth-order valence-corrected chi connectivity index (χ4v) is 4.60. The van der Waals surface area contributed by atoms with E-state index in [4.69, 9.17) is 9.05 Å². The maximum Gasteiger partial charge on any atom is 0.322 e. The average molecular weight is 487 g/mol. The molecule has 3 aromatic rings. The molecule has 186 valence electrons. The lowest BCUT2D eigenvalue weighted by Gasteiger charge is -2.42. The summed E-state index contributed by atoms with van der Waals surface area (Å²) < 4.78 is 38.7. The lowest BCUT2D eigenvalue weighted by molar-refractivity contribution is 0.129. The summed E-state index contributed by atoms with van der Waals surface area (Å²) in [7, 11) is 0. The van der Waals surface area contributed by atoms with E-state index >= 15 is 0 Å². The fraction of sp³-hybridized carbons (Fsp3) is 0.542. The molecule has 2 aromatic heterocycles. The standard InChI is InChI=1S/C24H28F2N6O3/c1-12(2)20-28-19(30-34-20)14-6-5-7-16(25)18(14)27-23(33)32-9-8-24(4,11-13(32)3)22-29-21(35-31-22)15-10-17(15)26/h5-7,12-13,15,17H,8-11H2,1-4H3,(H,27,33)/t13?,15-,17+,24?/m1/s1. The van der Waals surface area contributed by atoms with E-state index < -0.39 is 23.4 Å². The molecule has 0 radical (unpaired) electrons. The van der Waals surface area contributed by atoms with Crippen molar-refractivity contribution in [2.24, 2.45) is 0 Å². The van der Waals surface area contributed by atoms with Gasteiger partial charge in [-0.3, -0.25) is 0 Å². The van der Waals surface area contributed by atoms with Gasteiger partial charge in [0.2, 0.25) is 17.6 Å². The second-order valence-electron chi connectivity index (χ2n) is 10.1. The Labute approximate surface area is 201 Å². The number of halogens is 2. The zero-order valence-electron chi connectivity index (χ0n) is 20.1. The number of hydrogen-bond donors (Lipinski definition) is 1. The van der Waals surface area contributed by atoms with Crippen molar-refractivity contribution >= 4 is 11.7 Å². The van der Waals surface area contributed by atoms with Crippen LogP contribution in [0.15, 0.2) is 27.2 Å². The van der Waals surface area contributed by atoms with Crippen molar-refractivity contribution in [1.82, 2.24) is 25.2 Å². The molecule has 1 aliphatic carbocycles. The van der Waals surface area contributed by atoms with Gasteiger partial charge in [-0.25, -0.2) is 13.6 Å². The minimum atomic E-state index is -0.909. The number of carbonyl (C=O) groups is 1. The predicted octanol–water partition coefficient (Wildman–Crippen LogP) is 5.18. The number of para-hydroxylation sites is 1. The van der Waals surface area contributed by atoms with Crippen LogP contribution in [-0.4, -0.2) is 50.0 Å². The highest BCUT2D eigenvalue weighted by Crippen LogP contribution is 2.44. The van der Waals surface area contributed by atoms with Gasteiger partial charge in [0.05, 0.1) is 11.6 Å². The van der Waals surface area contributed by atoms with Gasteiger partial charge in [-0.1, -0.05) is 37.2 Å². The maximum absolute atomic E-state index is 14.8. The van der Waals surface area contributed by atoms with Crippen LogP contribution in [0.4, 0.5) is 19.3 Å². The molecular formula is C24H28F2N6O3. The first-order valence-electron chi connectivity index (χ1n) is 11.8. The number of likely N-dealkylation sites (tertiary alicyclic amines) is 1. The first-order chi connectivity index (χ1) is 16.7. The SMILES string of the molecule is CC(C)c1nc(-c2cccc(F)c2NC(=O)N2CCC(C)(c3noc([C@@H]4C[C@@H]4F)n3)CC2C)no1. The molecule has 1 saturated heterocycles. The number of aromatic nitrogens is 4. The molecule has 9 nitrogen and oxygen atoms in total. The molecule has 1 aliphatic heterocycles. The van der Waals surface area contributed by atoms with Gasteiger partial charge in [-0.05, 0) is 38.3 Å². The molecule has 2 unspecified atom stereocenters. The number of anilines is 1. The van der Waals surface area contributed by atoms with Crippen molar-refractivity contribution in [1.29, 1.82) is 0 Å². The maximum atomic E-state index is 14.8. The molecular weight excluding hydrogens is 458 g/mol. The fourth-order valence-electron chi connectivity index (χ4n) is 4.60. The zero-order valence-corrected chi connectivity index (χ0v) is 20.1. The quantitative estimate of drug-likeness (QED) is 0.529. The predicted molar refractivity (Wildman–Crippen MR) is 122 cm³/mol. The van der Waals surface area contributed by atoms with Gasteiger partial charge in [-0.15, -0.1) is 0 Å².